The van der Waals surface area contributed by atoms with Gasteiger partial charge in [0.2, 0.25) is 5.13 Å². The third-order valence-electron chi connectivity index (χ3n) is 2.61. The highest BCUT2D eigenvalue weighted by Gasteiger charge is 2.12. The van der Waals surface area contributed by atoms with E-state index in [1.54, 1.807) is 11.3 Å². The molecule has 5 heteroatoms. The molecule has 0 aliphatic carbocycles. The monoisotopic (exact) mass is 319 g/mol. The van der Waals surface area contributed by atoms with Crippen molar-refractivity contribution in [2.45, 2.75) is 40.5 Å². The van der Waals surface area contributed by atoms with Crippen LogP contribution in [0.1, 0.15) is 40.5 Å². The lowest BCUT2D eigenvalue weighted by molar-refractivity contribution is 0.534. The van der Waals surface area contributed by atoms with Crippen LogP contribution in [0.15, 0.2) is 3.92 Å². The number of nitrogens with zero attached hydrogens (tertiary/aromatic N) is 3. The third-order valence-corrected chi connectivity index (χ3v) is 4.03. The van der Waals surface area contributed by atoms with Crippen molar-refractivity contribution in [1.82, 2.24) is 10.2 Å². The van der Waals surface area contributed by atoms with E-state index in [9.17, 15) is 0 Å². The molecular formula is C12H22BrN3S. The number of hydrogen-bond donors (Lipinski definition) is 0. The van der Waals surface area contributed by atoms with E-state index < -0.39 is 0 Å². The zero-order chi connectivity index (χ0) is 12.8. The minimum absolute atomic E-state index is 0.730. The first-order valence-corrected chi connectivity index (χ1v) is 7.84. The van der Waals surface area contributed by atoms with Crippen LogP contribution in [-0.4, -0.2) is 23.3 Å². The van der Waals surface area contributed by atoms with Crippen molar-refractivity contribution in [3.05, 3.63) is 3.92 Å². The van der Waals surface area contributed by atoms with Crippen LogP contribution < -0.4 is 4.90 Å². The molecule has 0 spiro atoms. The molecule has 17 heavy (non-hydrogen) atoms. The maximum absolute atomic E-state index is 4.22. The van der Waals surface area contributed by atoms with Crippen molar-refractivity contribution in [3.63, 3.8) is 0 Å². The third kappa shape index (κ3) is 5.82. The van der Waals surface area contributed by atoms with Crippen molar-refractivity contribution < 1.29 is 0 Å². The Bertz CT molecular complexity index is 313. The Balaban J connectivity index is 2.58. The van der Waals surface area contributed by atoms with Crippen LogP contribution in [0.4, 0.5) is 5.13 Å². The second kappa shape index (κ2) is 7.31. The Labute approximate surface area is 117 Å². The quantitative estimate of drug-likeness (QED) is 0.754. The van der Waals surface area contributed by atoms with Gasteiger partial charge in [0.15, 0.2) is 3.92 Å². The Kier molecular flexibility index (Phi) is 6.41. The Morgan fingerprint density at radius 3 is 1.94 bits per heavy atom. The van der Waals surface area contributed by atoms with Gasteiger partial charge in [-0.25, -0.2) is 0 Å². The number of aromatic nitrogens is 2. The average Bonchev–Trinajstić information content (AvgIpc) is 2.64. The molecule has 0 amide bonds. The smallest absolute Gasteiger partial charge is 0.209 e. The first-order chi connectivity index (χ1) is 7.99. The van der Waals surface area contributed by atoms with Gasteiger partial charge in [-0.15, -0.1) is 10.2 Å². The summed E-state index contributed by atoms with van der Waals surface area (Å²) in [4.78, 5) is 2.36. The summed E-state index contributed by atoms with van der Waals surface area (Å²) in [7, 11) is 0. The van der Waals surface area contributed by atoms with Gasteiger partial charge < -0.3 is 4.90 Å². The molecule has 0 saturated heterocycles. The largest absolute Gasteiger partial charge is 0.347 e. The van der Waals surface area contributed by atoms with Crippen LogP contribution in [-0.2, 0) is 0 Å². The van der Waals surface area contributed by atoms with Crippen LogP contribution in [0.25, 0.3) is 0 Å². The standard InChI is InChI=1S/C12H22BrN3S/c1-9(2)5-7-16(8-6-10(3)4)12-15-14-11(13)17-12/h9-10H,5-8H2,1-4H3. The predicted molar refractivity (Wildman–Crippen MR) is 78.7 cm³/mol. The van der Waals surface area contributed by atoms with Gasteiger partial charge >= 0.3 is 0 Å². The first kappa shape index (κ1) is 14.9. The molecule has 0 unspecified atom stereocenters. The second-order valence-electron chi connectivity index (χ2n) is 5.19. The Morgan fingerprint density at radius 1 is 1.06 bits per heavy atom. The summed E-state index contributed by atoms with van der Waals surface area (Å²) in [6.07, 6.45) is 2.41. The maximum atomic E-state index is 4.22. The summed E-state index contributed by atoms with van der Waals surface area (Å²) in [6, 6.07) is 0. The van der Waals surface area contributed by atoms with Crippen molar-refractivity contribution in [1.29, 1.82) is 0 Å². The molecule has 1 heterocycles. The molecule has 0 atom stereocenters. The fourth-order valence-corrected chi connectivity index (χ4v) is 2.60. The lowest BCUT2D eigenvalue weighted by Crippen LogP contribution is -2.27. The van der Waals surface area contributed by atoms with E-state index in [2.05, 4.69) is 58.7 Å². The molecular weight excluding hydrogens is 298 g/mol. The van der Waals surface area contributed by atoms with Gasteiger partial charge in [-0.05, 0) is 40.6 Å². The minimum atomic E-state index is 0.730. The van der Waals surface area contributed by atoms with Crippen LogP contribution in [0.5, 0.6) is 0 Å². The second-order valence-corrected chi connectivity index (χ2v) is 7.42. The van der Waals surface area contributed by atoms with Gasteiger partial charge in [0.1, 0.15) is 0 Å². The minimum Gasteiger partial charge on any atom is -0.347 e. The summed E-state index contributed by atoms with van der Waals surface area (Å²) in [5, 5.41) is 9.29. The summed E-state index contributed by atoms with van der Waals surface area (Å²) in [6.45, 7) is 11.2. The molecule has 0 radical (unpaired) electrons. The molecule has 0 bridgehead atoms. The van der Waals surface area contributed by atoms with E-state index in [0.29, 0.717) is 0 Å². The highest BCUT2D eigenvalue weighted by atomic mass is 79.9. The summed E-state index contributed by atoms with van der Waals surface area (Å²) in [5.41, 5.74) is 0. The average molecular weight is 320 g/mol. The Morgan fingerprint density at radius 2 is 1.59 bits per heavy atom. The summed E-state index contributed by atoms with van der Waals surface area (Å²) in [5.74, 6) is 1.46. The van der Waals surface area contributed by atoms with Crippen molar-refractivity contribution in [2.24, 2.45) is 11.8 Å². The van der Waals surface area contributed by atoms with Crippen molar-refractivity contribution >= 4 is 32.4 Å². The molecule has 1 aromatic heterocycles. The zero-order valence-electron chi connectivity index (χ0n) is 11.1. The molecule has 0 fully saturated rings. The molecule has 1 rings (SSSR count). The van der Waals surface area contributed by atoms with E-state index in [0.717, 1.165) is 34.0 Å². The normalized spacial score (nSPS) is 11.5. The molecule has 0 saturated carbocycles. The fourth-order valence-electron chi connectivity index (χ4n) is 1.46. The van der Waals surface area contributed by atoms with Gasteiger partial charge in [-0.1, -0.05) is 39.0 Å². The van der Waals surface area contributed by atoms with Gasteiger partial charge in [0.05, 0.1) is 0 Å². The molecule has 0 aliphatic heterocycles. The van der Waals surface area contributed by atoms with E-state index >= 15 is 0 Å². The van der Waals surface area contributed by atoms with Crippen molar-refractivity contribution in [2.75, 3.05) is 18.0 Å². The van der Waals surface area contributed by atoms with Gasteiger partial charge in [0, 0.05) is 13.1 Å². The van der Waals surface area contributed by atoms with Crippen molar-refractivity contribution in [3.8, 4) is 0 Å². The molecule has 0 aromatic carbocycles. The number of rotatable bonds is 7. The molecule has 0 N–H and O–H groups in total. The number of anilines is 1. The maximum Gasteiger partial charge on any atom is 0.209 e. The van der Waals surface area contributed by atoms with E-state index in [-0.39, 0.29) is 0 Å². The number of halogens is 1. The molecule has 0 aliphatic rings. The Hall–Kier alpha value is -0.160. The SMILES string of the molecule is CC(C)CCN(CCC(C)C)c1nnc(Br)s1. The lowest BCUT2D eigenvalue weighted by Gasteiger charge is -2.23. The van der Waals surface area contributed by atoms with Crippen LogP contribution >= 0.6 is 27.3 Å². The highest BCUT2D eigenvalue weighted by molar-refractivity contribution is 9.11. The van der Waals surface area contributed by atoms with Gasteiger partial charge in [-0.2, -0.15) is 0 Å². The molecule has 3 nitrogen and oxygen atoms in total. The van der Waals surface area contributed by atoms with Gasteiger partial charge in [0.25, 0.3) is 0 Å². The fraction of sp³-hybridized carbons (Fsp3) is 0.833. The number of hydrogen-bond acceptors (Lipinski definition) is 4. The summed E-state index contributed by atoms with van der Waals surface area (Å²) >= 11 is 5.00. The van der Waals surface area contributed by atoms with Crippen LogP contribution in [0, 0.1) is 11.8 Å². The topological polar surface area (TPSA) is 29.0 Å². The highest BCUT2D eigenvalue weighted by Crippen LogP contribution is 2.25. The molecule has 1 aromatic rings. The van der Waals surface area contributed by atoms with E-state index in [1.165, 1.54) is 12.8 Å². The van der Waals surface area contributed by atoms with Crippen LogP contribution in [0.3, 0.4) is 0 Å². The predicted octanol–water partition coefficient (Wildman–Crippen LogP) is 4.20. The lowest BCUT2D eigenvalue weighted by atomic mass is 10.1. The van der Waals surface area contributed by atoms with E-state index in [4.69, 9.17) is 0 Å². The van der Waals surface area contributed by atoms with E-state index in [1.807, 2.05) is 0 Å². The zero-order valence-corrected chi connectivity index (χ0v) is 13.5. The van der Waals surface area contributed by atoms with Gasteiger partial charge in [-0.3, -0.25) is 0 Å². The summed E-state index contributed by atoms with van der Waals surface area (Å²) < 4.78 is 0.867. The first-order valence-electron chi connectivity index (χ1n) is 6.23. The molecule has 98 valence electrons. The van der Waals surface area contributed by atoms with Crippen LogP contribution in [0.2, 0.25) is 0 Å².